The van der Waals surface area contributed by atoms with E-state index in [1.807, 2.05) is 25.2 Å². The molecular formula is C20H25ClN4O2. The minimum absolute atomic E-state index is 0. The molecule has 1 atom stereocenters. The molecule has 0 aliphatic rings. The smallest absolute Gasteiger partial charge is 0.240 e. The maximum atomic E-state index is 5.51. The number of halogens is 1. The predicted octanol–water partition coefficient (Wildman–Crippen LogP) is 3.82. The lowest BCUT2D eigenvalue weighted by Crippen LogP contribution is -2.22. The van der Waals surface area contributed by atoms with Crippen molar-refractivity contribution in [2.45, 2.75) is 26.1 Å². The second-order valence-electron chi connectivity index (χ2n) is 6.22. The lowest BCUT2D eigenvalue weighted by Gasteiger charge is -2.24. The predicted molar refractivity (Wildman–Crippen MR) is 108 cm³/mol. The average Bonchev–Trinajstić information content (AvgIpc) is 3.15. The van der Waals surface area contributed by atoms with Gasteiger partial charge in [-0.2, -0.15) is 4.98 Å². The van der Waals surface area contributed by atoms with Gasteiger partial charge in [0.25, 0.3) is 0 Å². The highest BCUT2D eigenvalue weighted by atomic mass is 35.5. The average molecular weight is 389 g/mol. The zero-order valence-electron chi connectivity index (χ0n) is 15.8. The van der Waals surface area contributed by atoms with Gasteiger partial charge in [-0.25, -0.2) is 0 Å². The minimum atomic E-state index is 0. The van der Waals surface area contributed by atoms with E-state index in [2.05, 4.69) is 52.3 Å². The fourth-order valence-electron chi connectivity index (χ4n) is 2.88. The van der Waals surface area contributed by atoms with Crippen LogP contribution >= 0.6 is 12.4 Å². The van der Waals surface area contributed by atoms with Crippen LogP contribution in [0.1, 0.15) is 30.2 Å². The van der Waals surface area contributed by atoms with Crippen LogP contribution in [-0.4, -0.2) is 29.2 Å². The van der Waals surface area contributed by atoms with Crippen LogP contribution in [0.5, 0.6) is 5.75 Å². The first-order valence-corrected chi connectivity index (χ1v) is 8.57. The van der Waals surface area contributed by atoms with E-state index in [0.717, 1.165) is 16.9 Å². The number of methoxy groups -OCH3 is 1. The molecule has 1 heterocycles. The van der Waals surface area contributed by atoms with Gasteiger partial charge in [0.15, 0.2) is 5.82 Å². The third-order valence-corrected chi connectivity index (χ3v) is 4.55. The summed E-state index contributed by atoms with van der Waals surface area (Å²) in [5, 5.41) is 3.95. The van der Waals surface area contributed by atoms with Crippen LogP contribution in [0.2, 0.25) is 0 Å². The fourth-order valence-corrected chi connectivity index (χ4v) is 2.88. The second-order valence-corrected chi connectivity index (χ2v) is 6.22. The number of hydrogen-bond acceptors (Lipinski definition) is 6. The first kappa shape index (κ1) is 20.9. The summed E-state index contributed by atoms with van der Waals surface area (Å²) in [4.78, 5) is 6.43. The van der Waals surface area contributed by atoms with Gasteiger partial charge in [0.1, 0.15) is 5.75 Å². The summed E-state index contributed by atoms with van der Waals surface area (Å²) in [5.74, 6) is 1.98. The number of para-hydroxylation sites is 1. The standard InChI is InChI=1S/C20H24N4O2.ClH/c1-14(24(2)13-19-22-20(12-21)26-23-19)15-8-10-16(11-9-15)17-6-4-5-7-18(17)25-3;/h4-11,14H,12-13,21H2,1-3H3;1H. The van der Waals surface area contributed by atoms with Gasteiger partial charge >= 0.3 is 0 Å². The van der Waals surface area contributed by atoms with Crippen molar-refractivity contribution in [2.75, 3.05) is 14.2 Å². The van der Waals surface area contributed by atoms with E-state index in [9.17, 15) is 0 Å². The van der Waals surface area contributed by atoms with Crippen molar-refractivity contribution in [1.82, 2.24) is 15.0 Å². The number of rotatable bonds is 7. The topological polar surface area (TPSA) is 77.4 Å². The summed E-state index contributed by atoms with van der Waals surface area (Å²) in [6, 6.07) is 16.8. The van der Waals surface area contributed by atoms with Crippen molar-refractivity contribution in [3.63, 3.8) is 0 Å². The van der Waals surface area contributed by atoms with Crippen molar-refractivity contribution in [3.05, 3.63) is 65.8 Å². The summed E-state index contributed by atoms with van der Waals surface area (Å²) in [5.41, 5.74) is 8.94. The lowest BCUT2D eigenvalue weighted by atomic mass is 10.00. The third kappa shape index (κ3) is 4.86. The molecule has 0 aliphatic carbocycles. The summed E-state index contributed by atoms with van der Waals surface area (Å²) in [7, 11) is 3.73. The van der Waals surface area contributed by atoms with Gasteiger partial charge in [-0.1, -0.05) is 47.6 Å². The van der Waals surface area contributed by atoms with E-state index >= 15 is 0 Å². The molecule has 2 N–H and O–H groups in total. The van der Waals surface area contributed by atoms with Gasteiger partial charge in [0.05, 0.1) is 20.2 Å². The normalized spacial score (nSPS) is 11.9. The van der Waals surface area contributed by atoms with Crippen molar-refractivity contribution in [2.24, 2.45) is 5.73 Å². The van der Waals surface area contributed by atoms with E-state index in [-0.39, 0.29) is 25.0 Å². The highest BCUT2D eigenvalue weighted by Crippen LogP contribution is 2.31. The third-order valence-electron chi connectivity index (χ3n) is 4.55. The zero-order valence-corrected chi connectivity index (χ0v) is 16.6. The van der Waals surface area contributed by atoms with Crippen molar-refractivity contribution in [1.29, 1.82) is 0 Å². The van der Waals surface area contributed by atoms with Crippen molar-refractivity contribution in [3.8, 4) is 16.9 Å². The molecule has 0 saturated heterocycles. The Kier molecular flexibility index (Phi) is 7.36. The number of ether oxygens (including phenoxy) is 1. The maximum absolute atomic E-state index is 5.51. The Bertz CT molecular complexity index is 851. The van der Waals surface area contributed by atoms with Gasteiger partial charge in [-0.15, -0.1) is 12.4 Å². The molecule has 1 aromatic heterocycles. The number of nitrogens with two attached hydrogens (primary N) is 1. The molecule has 3 aromatic rings. The molecule has 2 aromatic carbocycles. The van der Waals surface area contributed by atoms with Crippen LogP contribution in [0.4, 0.5) is 0 Å². The first-order valence-electron chi connectivity index (χ1n) is 8.57. The molecule has 0 radical (unpaired) electrons. The van der Waals surface area contributed by atoms with E-state index < -0.39 is 0 Å². The Labute approximate surface area is 165 Å². The second kappa shape index (κ2) is 9.50. The van der Waals surface area contributed by atoms with Gasteiger partial charge in [-0.05, 0) is 31.2 Å². The van der Waals surface area contributed by atoms with E-state index in [1.165, 1.54) is 5.56 Å². The highest BCUT2D eigenvalue weighted by molar-refractivity contribution is 5.85. The van der Waals surface area contributed by atoms with Crippen LogP contribution in [0.3, 0.4) is 0 Å². The number of nitrogens with zero attached hydrogens (tertiary/aromatic N) is 3. The molecule has 6 nitrogen and oxygen atoms in total. The highest BCUT2D eigenvalue weighted by Gasteiger charge is 2.15. The molecule has 0 spiro atoms. The quantitative estimate of drug-likeness (QED) is 0.663. The Morgan fingerprint density at radius 1 is 1.15 bits per heavy atom. The van der Waals surface area contributed by atoms with Crippen LogP contribution < -0.4 is 10.5 Å². The Hall–Kier alpha value is -2.41. The summed E-state index contributed by atoms with van der Waals surface area (Å²) in [6.07, 6.45) is 0. The van der Waals surface area contributed by atoms with Crippen LogP contribution in [0.25, 0.3) is 11.1 Å². The van der Waals surface area contributed by atoms with Crippen LogP contribution in [0, 0.1) is 0 Å². The number of hydrogen-bond donors (Lipinski definition) is 1. The van der Waals surface area contributed by atoms with E-state index in [0.29, 0.717) is 18.3 Å². The minimum Gasteiger partial charge on any atom is -0.496 e. The molecule has 0 saturated carbocycles. The van der Waals surface area contributed by atoms with E-state index in [4.69, 9.17) is 15.0 Å². The molecule has 0 bridgehead atoms. The molecule has 144 valence electrons. The Balaban J connectivity index is 0.00000261. The molecular weight excluding hydrogens is 364 g/mol. The maximum Gasteiger partial charge on any atom is 0.240 e. The Morgan fingerprint density at radius 3 is 2.48 bits per heavy atom. The van der Waals surface area contributed by atoms with Crippen molar-refractivity contribution >= 4 is 12.4 Å². The SMILES string of the molecule is COc1ccccc1-c1ccc(C(C)N(C)Cc2noc(CN)n2)cc1.Cl. The molecule has 7 heteroatoms. The molecule has 3 rings (SSSR count). The molecule has 0 fully saturated rings. The molecule has 0 amide bonds. The molecule has 1 unspecified atom stereocenters. The summed E-state index contributed by atoms with van der Waals surface area (Å²) in [6.45, 7) is 3.01. The summed E-state index contributed by atoms with van der Waals surface area (Å²) >= 11 is 0. The zero-order chi connectivity index (χ0) is 18.5. The van der Waals surface area contributed by atoms with Crippen molar-refractivity contribution < 1.29 is 9.26 Å². The molecule has 27 heavy (non-hydrogen) atoms. The van der Waals surface area contributed by atoms with Crippen LogP contribution in [-0.2, 0) is 13.1 Å². The lowest BCUT2D eigenvalue weighted by molar-refractivity contribution is 0.242. The monoisotopic (exact) mass is 388 g/mol. The van der Waals surface area contributed by atoms with Gasteiger partial charge in [0, 0.05) is 11.6 Å². The van der Waals surface area contributed by atoms with Gasteiger partial charge in [-0.3, -0.25) is 4.90 Å². The largest absolute Gasteiger partial charge is 0.496 e. The van der Waals surface area contributed by atoms with E-state index in [1.54, 1.807) is 7.11 Å². The first-order chi connectivity index (χ1) is 12.6. The van der Waals surface area contributed by atoms with Gasteiger partial charge < -0.3 is 15.0 Å². The summed E-state index contributed by atoms with van der Waals surface area (Å²) < 4.78 is 10.5. The van der Waals surface area contributed by atoms with Gasteiger partial charge in [0.2, 0.25) is 5.89 Å². The Morgan fingerprint density at radius 2 is 1.85 bits per heavy atom. The van der Waals surface area contributed by atoms with Crippen LogP contribution in [0.15, 0.2) is 53.1 Å². The fraction of sp³-hybridized carbons (Fsp3) is 0.300. The number of benzene rings is 2. The molecule has 0 aliphatic heterocycles. The number of aromatic nitrogens is 2.